The minimum absolute atomic E-state index is 0.0553. The molecule has 0 N–H and O–H groups in total. The Morgan fingerprint density at radius 3 is 2.56 bits per heavy atom. The van der Waals surface area contributed by atoms with Crippen molar-refractivity contribution in [1.82, 2.24) is 0 Å². The van der Waals surface area contributed by atoms with Crippen LogP contribution in [0.5, 0.6) is 0 Å². The van der Waals surface area contributed by atoms with E-state index in [0.29, 0.717) is 5.57 Å². The third kappa shape index (κ3) is 4.56. The summed E-state index contributed by atoms with van der Waals surface area (Å²) in [5, 5.41) is 0. The number of carbonyl (C=O) groups is 1. The average Bonchev–Trinajstić information content (AvgIpc) is 2.65. The highest BCUT2D eigenvalue weighted by molar-refractivity contribution is 5.95. The molecule has 0 radical (unpaired) electrons. The fourth-order valence-corrected chi connectivity index (χ4v) is 1.75. The predicted octanol–water partition coefficient (Wildman–Crippen LogP) is 3.86. The topological polar surface area (TPSA) is 26.3 Å². The standard InChI is InChI=1S/C16H24O2/c1-5-6-7-8-9-10-11-13-12-14(16(2,3)4)18-15(13)17/h12,14H,5-9H2,1-4H3. The number of cyclic esters (lactones) is 1. The first-order valence-corrected chi connectivity index (χ1v) is 6.87. The molecule has 0 fully saturated rings. The van der Waals surface area contributed by atoms with E-state index in [1.807, 2.05) is 6.08 Å². The van der Waals surface area contributed by atoms with Gasteiger partial charge in [0.2, 0.25) is 0 Å². The van der Waals surface area contributed by atoms with E-state index in [-0.39, 0.29) is 17.5 Å². The maximum absolute atomic E-state index is 11.6. The predicted molar refractivity (Wildman–Crippen MR) is 74.0 cm³/mol. The molecule has 0 aromatic heterocycles. The first-order valence-electron chi connectivity index (χ1n) is 6.87. The maximum atomic E-state index is 11.6. The molecule has 100 valence electrons. The summed E-state index contributed by atoms with van der Waals surface area (Å²) in [6, 6.07) is 0. The van der Waals surface area contributed by atoms with E-state index >= 15 is 0 Å². The van der Waals surface area contributed by atoms with Crippen molar-refractivity contribution in [2.45, 2.75) is 65.9 Å². The second-order valence-corrected chi connectivity index (χ2v) is 5.88. The summed E-state index contributed by atoms with van der Waals surface area (Å²) in [6.07, 6.45) is 7.42. The Bertz CT molecular complexity index is 374. The Labute approximate surface area is 111 Å². The first-order chi connectivity index (χ1) is 8.45. The first kappa shape index (κ1) is 14.8. The van der Waals surface area contributed by atoms with E-state index in [9.17, 15) is 4.79 Å². The molecule has 1 atom stereocenters. The number of hydrogen-bond donors (Lipinski definition) is 0. The molecule has 2 heteroatoms. The molecule has 1 rings (SSSR count). The molecule has 0 bridgehead atoms. The molecular formula is C16H24O2. The van der Waals surface area contributed by atoms with Crippen molar-refractivity contribution in [2.24, 2.45) is 5.41 Å². The largest absolute Gasteiger partial charge is 0.453 e. The molecule has 0 spiro atoms. The van der Waals surface area contributed by atoms with E-state index in [4.69, 9.17) is 4.74 Å². The zero-order valence-electron chi connectivity index (χ0n) is 12.0. The van der Waals surface area contributed by atoms with Gasteiger partial charge < -0.3 is 4.74 Å². The Morgan fingerprint density at radius 1 is 1.28 bits per heavy atom. The summed E-state index contributed by atoms with van der Waals surface area (Å²) < 4.78 is 5.30. The van der Waals surface area contributed by atoms with Gasteiger partial charge in [-0.05, 0) is 12.5 Å². The molecule has 1 aliphatic heterocycles. The van der Waals surface area contributed by atoms with Gasteiger partial charge in [0.15, 0.2) is 0 Å². The molecule has 1 heterocycles. The van der Waals surface area contributed by atoms with Gasteiger partial charge in [0.05, 0.1) is 0 Å². The summed E-state index contributed by atoms with van der Waals surface area (Å²) in [7, 11) is 0. The maximum Gasteiger partial charge on any atom is 0.347 e. The van der Waals surface area contributed by atoms with E-state index in [2.05, 4.69) is 39.5 Å². The minimum atomic E-state index is -0.268. The number of rotatable bonds is 4. The quantitative estimate of drug-likeness (QED) is 0.429. The van der Waals surface area contributed by atoms with Crippen LogP contribution in [0.3, 0.4) is 0 Å². The highest BCUT2D eigenvalue weighted by atomic mass is 16.5. The van der Waals surface area contributed by atoms with E-state index in [1.54, 1.807) is 0 Å². The SMILES string of the molecule is CCCCCCC#CC1=CC(C(C)(C)C)OC1=O. The Hall–Kier alpha value is -1.23. The van der Waals surface area contributed by atoms with E-state index in [1.165, 1.54) is 19.3 Å². The van der Waals surface area contributed by atoms with Crippen molar-refractivity contribution >= 4 is 5.97 Å². The van der Waals surface area contributed by atoms with Crippen molar-refractivity contribution in [1.29, 1.82) is 0 Å². The van der Waals surface area contributed by atoms with Crippen molar-refractivity contribution in [3.05, 3.63) is 11.6 Å². The van der Waals surface area contributed by atoms with Gasteiger partial charge in [-0.1, -0.05) is 58.8 Å². The van der Waals surface area contributed by atoms with Crippen LogP contribution in [0.2, 0.25) is 0 Å². The zero-order chi connectivity index (χ0) is 13.6. The molecule has 0 aromatic carbocycles. The highest BCUT2D eigenvalue weighted by Gasteiger charge is 2.33. The fraction of sp³-hybridized carbons (Fsp3) is 0.688. The van der Waals surface area contributed by atoms with Crippen LogP contribution in [-0.2, 0) is 9.53 Å². The highest BCUT2D eigenvalue weighted by Crippen LogP contribution is 2.29. The number of hydrogen-bond acceptors (Lipinski definition) is 2. The summed E-state index contributed by atoms with van der Waals surface area (Å²) in [4.78, 5) is 11.6. The van der Waals surface area contributed by atoms with Crippen molar-refractivity contribution in [3.8, 4) is 11.8 Å². The Kier molecular flexibility index (Phi) is 5.47. The summed E-state index contributed by atoms with van der Waals surface area (Å²) >= 11 is 0. The molecule has 1 aliphatic rings. The van der Waals surface area contributed by atoms with Crippen LogP contribution in [0.4, 0.5) is 0 Å². The zero-order valence-corrected chi connectivity index (χ0v) is 12.0. The van der Waals surface area contributed by atoms with Gasteiger partial charge in [0.1, 0.15) is 11.7 Å². The van der Waals surface area contributed by atoms with Crippen LogP contribution in [0.15, 0.2) is 11.6 Å². The number of esters is 1. The van der Waals surface area contributed by atoms with E-state index < -0.39 is 0 Å². The lowest BCUT2D eigenvalue weighted by Gasteiger charge is -2.23. The Balaban J connectivity index is 2.47. The summed E-state index contributed by atoms with van der Waals surface area (Å²) in [5.41, 5.74) is 0.477. The molecule has 1 unspecified atom stereocenters. The minimum Gasteiger partial charge on any atom is -0.453 e. The number of carbonyl (C=O) groups excluding carboxylic acids is 1. The lowest BCUT2D eigenvalue weighted by atomic mass is 9.89. The molecule has 18 heavy (non-hydrogen) atoms. The second-order valence-electron chi connectivity index (χ2n) is 5.88. The van der Waals surface area contributed by atoms with Gasteiger partial charge in [0, 0.05) is 11.8 Å². The molecule has 0 aromatic rings. The van der Waals surface area contributed by atoms with Crippen molar-refractivity contribution < 1.29 is 9.53 Å². The molecule has 2 nitrogen and oxygen atoms in total. The van der Waals surface area contributed by atoms with Gasteiger partial charge >= 0.3 is 5.97 Å². The lowest BCUT2D eigenvalue weighted by Crippen LogP contribution is -2.25. The van der Waals surface area contributed by atoms with Crippen molar-refractivity contribution in [3.63, 3.8) is 0 Å². The molecule has 0 saturated carbocycles. The normalized spacial score (nSPS) is 19.0. The smallest absolute Gasteiger partial charge is 0.347 e. The third-order valence-corrected chi connectivity index (χ3v) is 3.00. The van der Waals surface area contributed by atoms with Crippen LogP contribution in [0, 0.1) is 17.3 Å². The number of ether oxygens (including phenoxy) is 1. The van der Waals surface area contributed by atoms with E-state index in [0.717, 1.165) is 12.8 Å². The van der Waals surface area contributed by atoms with Gasteiger partial charge in [0.25, 0.3) is 0 Å². The van der Waals surface area contributed by atoms with Crippen LogP contribution >= 0.6 is 0 Å². The summed E-state index contributed by atoms with van der Waals surface area (Å²) in [6.45, 7) is 8.37. The molecular weight excluding hydrogens is 224 g/mol. The molecule has 0 saturated heterocycles. The average molecular weight is 248 g/mol. The molecule has 0 amide bonds. The monoisotopic (exact) mass is 248 g/mol. The number of unbranched alkanes of at least 4 members (excludes halogenated alkanes) is 4. The van der Waals surface area contributed by atoms with Gasteiger partial charge in [-0.25, -0.2) is 4.79 Å². The lowest BCUT2D eigenvalue weighted by molar-refractivity contribution is -0.142. The van der Waals surface area contributed by atoms with Gasteiger partial charge in [-0.15, -0.1) is 0 Å². The van der Waals surface area contributed by atoms with Gasteiger partial charge in [-0.3, -0.25) is 0 Å². The van der Waals surface area contributed by atoms with Crippen LogP contribution in [0.25, 0.3) is 0 Å². The van der Waals surface area contributed by atoms with Crippen LogP contribution in [0.1, 0.15) is 59.8 Å². The second kappa shape index (κ2) is 6.64. The van der Waals surface area contributed by atoms with Crippen LogP contribution < -0.4 is 0 Å². The van der Waals surface area contributed by atoms with Crippen molar-refractivity contribution in [2.75, 3.05) is 0 Å². The van der Waals surface area contributed by atoms with Gasteiger partial charge in [-0.2, -0.15) is 0 Å². The molecule has 0 aliphatic carbocycles. The third-order valence-electron chi connectivity index (χ3n) is 3.00. The summed E-state index contributed by atoms with van der Waals surface area (Å²) in [5.74, 6) is 5.75. The Morgan fingerprint density at radius 2 is 2.00 bits per heavy atom. The fourth-order valence-electron chi connectivity index (χ4n) is 1.75. The van der Waals surface area contributed by atoms with Crippen LogP contribution in [-0.4, -0.2) is 12.1 Å².